The summed E-state index contributed by atoms with van der Waals surface area (Å²) >= 11 is 6.51. The van der Waals surface area contributed by atoms with Gasteiger partial charge in [-0.3, -0.25) is 0 Å². The maximum absolute atomic E-state index is 6.51. The second kappa shape index (κ2) is 6.15. The Morgan fingerprint density at radius 1 is 1.13 bits per heavy atom. The topological polar surface area (TPSA) is 57.4 Å². The molecule has 3 heterocycles. The Bertz CT molecular complexity index is 713. The zero-order valence-corrected chi connectivity index (χ0v) is 13.9. The van der Waals surface area contributed by atoms with Crippen LogP contribution in [0.5, 0.6) is 0 Å². The van der Waals surface area contributed by atoms with E-state index in [0.29, 0.717) is 0 Å². The van der Waals surface area contributed by atoms with Gasteiger partial charge in [-0.25, -0.2) is 4.98 Å². The molecule has 2 aliphatic heterocycles. The minimum atomic E-state index is 0.280. The predicted molar refractivity (Wildman–Crippen MR) is 96.6 cm³/mol. The van der Waals surface area contributed by atoms with Crippen molar-refractivity contribution in [3.8, 4) is 0 Å². The summed E-state index contributed by atoms with van der Waals surface area (Å²) in [5, 5.41) is 5.18. The smallest absolute Gasteiger partial charge is 0.148 e. The molecule has 122 valence electrons. The summed E-state index contributed by atoms with van der Waals surface area (Å²) in [7, 11) is 0. The fourth-order valence-corrected chi connectivity index (χ4v) is 3.72. The van der Waals surface area contributed by atoms with Crippen LogP contribution in [-0.2, 0) is 0 Å². The number of halogens is 1. The van der Waals surface area contributed by atoms with Gasteiger partial charge in [0, 0.05) is 56.4 Å². The number of benzene rings is 1. The van der Waals surface area contributed by atoms with Crippen LogP contribution < -0.4 is 20.9 Å². The van der Waals surface area contributed by atoms with E-state index in [0.717, 1.165) is 67.4 Å². The van der Waals surface area contributed by atoms with E-state index in [4.69, 9.17) is 22.3 Å². The van der Waals surface area contributed by atoms with Gasteiger partial charge in [0.2, 0.25) is 0 Å². The van der Waals surface area contributed by atoms with Crippen LogP contribution in [0.25, 0.3) is 10.9 Å². The molecular formula is C17H22ClN5. The second-order valence-electron chi connectivity index (χ2n) is 6.40. The lowest BCUT2D eigenvalue weighted by Gasteiger charge is -2.29. The Morgan fingerprint density at radius 3 is 2.70 bits per heavy atom. The number of piperazine rings is 1. The number of fused-ring (bicyclic) bond motifs is 1. The van der Waals surface area contributed by atoms with E-state index in [1.54, 1.807) is 0 Å². The first kappa shape index (κ1) is 15.0. The van der Waals surface area contributed by atoms with Crippen molar-refractivity contribution < 1.29 is 0 Å². The van der Waals surface area contributed by atoms with Crippen LogP contribution in [0, 0.1) is 0 Å². The molecule has 2 fully saturated rings. The molecule has 0 spiro atoms. The maximum Gasteiger partial charge on any atom is 0.148 e. The van der Waals surface area contributed by atoms with Crippen molar-refractivity contribution in [2.75, 3.05) is 49.1 Å². The molecule has 23 heavy (non-hydrogen) atoms. The highest BCUT2D eigenvalue weighted by Crippen LogP contribution is 2.31. The fourth-order valence-electron chi connectivity index (χ4n) is 3.44. The van der Waals surface area contributed by atoms with Crippen molar-refractivity contribution in [2.45, 2.75) is 12.5 Å². The number of aromatic nitrogens is 1. The summed E-state index contributed by atoms with van der Waals surface area (Å²) in [6.07, 6.45) is 1.05. The van der Waals surface area contributed by atoms with Crippen molar-refractivity contribution in [1.82, 2.24) is 10.3 Å². The molecule has 2 saturated heterocycles. The molecule has 0 aliphatic carbocycles. The molecular weight excluding hydrogens is 310 g/mol. The number of pyridine rings is 1. The summed E-state index contributed by atoms with van der Waals surface area (Å²) in [6.45, 7) is 5.79. The second-order valence-corrected chi connectivity index (χ2v) is 6.81. The van der Waals surface area contributed by atoms with E-state index in [2.05, 4.69) is 33.3 Å². The number of rotatable bonds is 2. The highest BCUT2D eigenvalue weighted by atomic mass is 35.5. The summed E-state index contributed by atoms with van der Waals surface area (Å²) < 4.78 is 0. The van der Waals surface area contributed by atoms with Crippen molar-refractivity contribution in [2.24, 2.45) is 5.73 Å². The number of nitrogens with one attached hydrogen (secondary N) is 1. The normalized spacial score (nSPS) is 22.1. The van der Waals surface area contributed by atoms with Gasteiger partial charge in [0.15, 0.2) is 0 Å². The summed E-state index contributed by atoms with van der Waals surface area (Å²) in [6, 6.07) is 8.73. The molecule has 3 N–H and O–H groups in total. The van der Waals surface area contributed by atoms with E-state index in [9.17, 15) is 0 Å². The van der Waals surface area contributed by atoms with Crippen LogP contribution in [0.4, 0.5) is 11.5 Å². The molecule has 2 aromatic rings. The molecule has 5 nitrogen and oxygen atoms in total. The van der Waals surface area contributed by atoms with Crippen LogP contribution in [0.2, 0.25) is 5.02 Å². The van der Waals surface area contributed by atoms with Gasteiger partial charge in [0.1, 0.15) is 5.82 Å². The quantitative estimate of drug-likeness (QED) is 0.879. The Morgan fingerprint density at radius 2 is 1.96 bits per heavy atom. The van der Waals surface area contributed by atoms with Gasteiger partial charge in [-0.15, -0.1) is 0 Å². The molecule has 2 aliphatic rings. The van der Waals surface area contributed by atoms with Gasteiger partial charge in [0.25, 0.3) is 0 Å². The number of nitrogens with zero attached hydrogens (tertiary/aromatic N) is 3. The standard InChI is InChI=1S/C17H22ClN5/c18-15-10-12-9-14(23-6-3-13(19)11-23)1-2-16(12)21-17(15)22-7-4-20-5-8-22/h1-2,9-10,13,20H,3-8,11,19H2/t13-/m0/s1. The number of hydrogen-bond acceptors (Lipinski definition) is 5. The summed E-state index contributed by atoms with van der Waals surface area (Å²) in [5.74, 6) is 0.900. The molecule has 0 saturated carbocycles. The highest BCUT2D eigenvalue weighted by Gasteiger charge is 2.20. The zero-order valence-electron chi connectivity index (χ0n) is 13.1. The van der Waals surface area contributed by atoms with Gasteiger partial charge in [-0.1, -0.05) is 11.6 Å². The summed E-state index contributed by atoms with van der Waals surface area (Å²) in [4.78, 5) is 9.40. The van der Waals surface area contributed by atoms with Crippen molar-refractivity contribution in [3.63, 3.8) is 0 Å². The van der Waals surface area contributed by atoms with E-state index < -0.39 is 0 Å². The molecule has 0 amide bonds. The Kier molecular flexibility index (Phi) is 4.01. The van der Waals surface area contributed by atoms with Crippen molar-refractivity contribution in [3.05, 3.63) is 29.3 Å². The lowest BCUT2D eigenvalue weighted by molar-refractivity contribution is 0.585. The van der Waals surface area contributed by atoms with Gasteiger partial charge < -0.3 is 20.9 Å². The Hall–Kier alpha value is -1.56. The summed E-state index contributed by atoms with van der Waals surface area (Å²) in [5.41, 5.74) is 8.22. The molecule has 4 rings (SSSR count). The van der Waals surface area contributed by atoms with E-state index in [1.165, 1.54) is 5.69 Å². The first-order valence-corrected chi connectivity index (χ1v) is 8.65. The molecule has 1 aromatic heterocycles. The Labute approximate surface area is 141 Å². The monoisotopic (exact) mass is 331 g/mol. The van der Waals surface area contributed by atoms with Gasteiger partial charge >= 0.3 is 0 Å². The third-order valence-corrected chi connectivity index (χ3v) is 5.02. The van der Waals surface area contributed by atoms with Crippen LogP contribution in [0.15, 0.2) is 24.3 Å². The first-order chi connectivity index (χ1) is 11.2. The average Bonchev–Trinajstić information content (AvgIpc) is 3.01. The first-order valence-electron chi connectivity index (χ1n) is 8.27. The number of anilines is 2. The molecule has 6 heteroatoms. The average molecular weight is 332 g/mol. The van der Waals surface area contributed by atoms with E-state index in [-0.39, 0.29) is 6.04 Å². The van der Waals surface area contributed by atoms with Gasteiger partial charge in [-0.2, -0.15) is 0 Å². The van der Waals surface area contributed by atoms with Gasteiger partial charge in [0.05, 0.1) is 10.5 Å². The number of hydrogen-bond donors (Lipinski definition) is 2. The fraction of sp³-hybridized carbons (Fsp3) is 0.471. The molecule has 1 aromatic carbocycles. The third-order valence-electron chi connectivity index (χ3n) is 4.74. The lowest BCUT2D eigenvalue weighted by atomic mass is 10.1. The lowest BCUT2D eigenvalue weighted by Crippen LogP contribution is -2.44. The largest absolute Gasteiger partial charge is 0.370 e. The maximum atomic E-state index is 6.51. The minimum absolute atomic E-state index is 0.280. The number of nitrogens with two attached hydrogens (primary N) is 1. The van der Waals surface area contributed by atoms with E-state index >= 15 is 0 Å². The minimum Gasteiger partial charge on any atom is -0.370 e. The van der Waals surface area contributed by atoms with Gasteiger partial charge in [-0.05, 0) is 30.7 Å². The van der Waals surface area contributed by atoms with Crippen molar-refractivity contribution in [1.29, 1.82) is 0 Å². The molecule has 0 bridgehead atoms. The van der Waals surface area contributed by atoms with Crippen LogP contribution >= 0.6 is 11.6 Å². The third kappa shape index (κ3) is 2.96. The molecule has 1 atom stereocenters. The zero-order chi connectivity index (χ0) is 15.8. The Balaban J connectivity index is 1.67. The molecule has 0 unspecified atom stereocenters. The molecule has 0 radical (unpaired) electrons. The van der Waals surface area contributed by atoms with Crippen LogP contribution in [0.1, 0.15) is 6.42 Å². The van der Waals surface area contributed by atoms with Crippen molar-refractivity contribution >= 4 is 34.0 Å². The van der Waals surface area contributed by atoms with E-state index in [1.807, 2.05) is 6.07 Å². The van der Waals surface area contributed by atoms with Crippen LogP contribution in [-0.4, -0.2) is 50.3 Å². The van der Waals surface area contributed by atoms with Crippen LogP contribution in [0.3, 0.4) is 0 Å². The SMILES string of the molecule is N[C@H]1CCN(c2ccc3nc(N4CCNCC4)c(Cl)cc3c2)C1. The predicted octanol–water partition coefficient (Wildman–Crippen LogP) is 1.84. The highest BCUT2D eigenvalue weighted by molar-refractivity contribution is 6.33.